The Morgan fingerprint density at radius 3 is 2.73 bits per heavy atom. The second-order valence-corrected chi connectivity index (χ2v) is 7.61. The molecule has 0 bridgehead atoms. The maximum Gasteiger partial charge on any atom is 0.254 e. The highest BCUT2D eigenvalue weighted by atomic mass is 16.5. The van der Waals surface area contributed by atoms with Gasteiger partial charge in [0.05, 0.1) is 24.4 Å². The number of hydrogen-bond acceptors (Lipinski definition) is 5. The minimum atomic E-state index is -0.0250. The highest BCUT2D eigenvalue weighted by Crippen LogP contribution is 2.41. The predicted octanol–water partition coefficient (Wildman–Crippen LogP) is 4.28. The van der Waals surface area contributed by atoms with Gasteiger partial charge in [0.15, 0.2) is 0 Å². The number of nitriles is 1. The van der Waals surface area contributed by atoms with E-state index in [-0.39, 0.29) is 18.6 Å². The van der Waals surface area contributed by atoms with Crippen LogP contribution in [0.15, 0.2) is 53.6 Å². The van der Waals surface area contributed by atoms with E-state index in [2.05, 4.69) is 11.4 Å². The lowest BCUT2D eigenvalue weighted by atomic mass is 9.88. The van der Waals surface area contributed by atoms with Crippen LogP contribution in [0, 0.1) is 11.3 Å². The van der Waals surface area contributed by atoms with Crippen molar-refractivity contribution in [1.29, 1.82) is 5.26 Å². The number of carbonyl (C=O) groups excluding carboxylic acids is 1. The van der Waals surface area contributed by atoms with Gasteiger partial charge in [0.2, 0.25) is 0 Å². The number of aliphatic hydroxyl groups excluding tert-OH is 1. The molecule has 1 unspecified atom stereocenters. The number of nitrogens with one attached hydrogen (secondary N) is 1. The van der Waals surface area contributed by atoms with Crippen LogP contribution in [0.1, 0.15) is 37.7 Å². The van der Waals surface area contributed by atoms with Gasteiger partial charge in [0.1, 0.15) is 11.8 Å². The van der Waals surface area contributed by atoms with E-state index in [9.17, 15) is 15.2 Å². The van der Waals surface area contributed by atoms with Crippen LogP contribution in [0.25, 0.3) is 0 Å². The molecule has 1 amide bonds. The van der Waals surface area contributed by atoms with Crippen molar-refractivity contribution in [2.24, 2.45) is 0 Å². The fourth-order valence-corrected chi connectivity index (χ4v) is 4.44. The lowest BCUT2D eigenvalue weighted by Crippen LogP contribution is -2.37. The summed E-state index contributed by atoms with van der Waals surface area (Å²) >= 11 is 0. The summed E-state index contributed by atoms with van der Waals surface area (Å²) in [5.74, 6) is 0.732. The Morgan fingerprint density at radius 2 is 2.03 bits per heavy atom. The maximum atomic E-state index is 13.2. The molecule has 154 valence electrons. The first-order valence-electron chi connectivity index (χ1n) is 10.3. The summed E-state index contributed by atoms with van der Waals surface area (Å²) in [4.78, 5) is 15.1. The Bertz CT molecular complexity index is 1020. The van der Waals surface area contributed by atoms with Gasteiger partial charge in [0, 0.05) is 30.0 Å². The quantitative estimate of drug-likeness (QED) is 0.752. The van der Waals surface area contributed by atoms with E-state index >= 15 is 0 Å². The van der Waals surface area contributed by atoms with Gasteiger partial charge < -0.3 is 20.1 Å². The Hall–Kier alpha value is -3.30. The number of methoxy groups -OCH3 is 1. The maximum absolute atomic E-state index is 13.2. The van der Waals surface area contributed by atoms with Crippen molar-refractivity contribution in [3.8, 4) is 11.8 Å². The molecule has 6 heteroatoms. The lowest BCUT2D eigenvalue weighted by Gasteiger charge is -2.30. The Balaban J connectivity index is 1.67. The van der Waals surface area contributed by atoms with Crippen LogP contribution < -0.4 is 15.0 Å². The van der Waals surface area contributed by atoms with Crippen LogP contribution >= 0.6 is 0 Å². The summed E-state index contributed by atoms with van der Waals surface area (Å²) < 4.78 is 5.20. The fourth-order valence-electron chi connectivity index (χ4n) is 4.44. The third-order valence-corrected chi connectivity index (χ3v) is 5.88. The zero-order chi connectivity index (χ0) is 21.1. The van der Waals surface area contributed by atoms with Gasteiger partial charge in [-0.1, -0.05) is 6.42 Å². The molecule has 0 spiro atoms. The summed E-state index contributed by atoms with van der Waals surface area (Å²) in [6.07, 6.45) is 4.40. The number of amides is 1. The zero-order valence-corrected chi connectivity index (χ0v) is 17.0. The van der Waals surface area contributed by atoms with Gasteiger partial charge in [0.25, 0.3) is 5.91 Å². The van der Waals surface area contributed by atoms with Crippen LogP contribution in [0.5, 0.6) is 5.75 Å². The topological polar surface area (TPSA) is 85.6 Å². The van der Waals surface area contributed by atoms with E-state index in [1.165, 1.54) is 5.57 Å². The van der Waals surface area contributed by atoms with Crippen molar-refractivity contribution >= 4 is 23.0 Å². The summed E-state index contributed by atoms with van der Waals surface area (Å²) in [7, 11) is 1.62. The minimum Gasteiger partial charge on any atom is -0.497 e. The predicted molar refractivity (Wildman–Crippen MR) is 116 cm³/mol. The number of rotatable bonds is 6. The van der Waals surface area contributed by atoms with Crippen molar-refractivity contribution in [3.05, 3.63) is 59.2 Å². The van der Waals surface area contributed by atoms with Crippen LogP contribution in [0.4, 0.5) is 17.1 Å². The molecule has 1 heterocycles. The van der Waals surface area contributed by atoms with Crippen molar-refractivity contribution in [3.63, 3.8) is 0 Å². The largest absolute Gasteiger partial charge is 0.497 e. The first kappa shape index (κ1) is 20.0. The number of benzene rings is 2. The van der Waals surface area contributed by atoms with E-state index in [1.54, 1.807) is 13.2 Å². The summed E-state index contributed by atoms with van der Waals surface area (Å²) in [5, 5.41) is 22.3. The molecule has 6 nitrogen and oxygen atoms in total. The Morgan fingerprint density at radius 1 is 1.23 bits per heavy atom. The Kier molecular flexibility index (Phi) is 5.73. The van der Waals surface area contributed by atoms with Crippen LogP contribution in [0.2, 0.25) is 0 Å². The molecule has 0 radical (unpaired) electrons. The second-order valence-electron chi connectivity index (χ2n) is 7.61. The summed E-state index contributed by atoms with van der Waals surface area (Å²) in [6, 6.07) is 15.2. The number of carbonyl (C=O) groups is 1. The molecule has 1 aliphatic carbocycles. The standard InChI is InChI=1S/C24H25N3O3/c1-30-19-10-7-17(8-11-19)26-22-14-18(9-6-16(22)15-25)27-23-5-3-2-4-20(23)21(12-13-28)24(27)29/h6-11,14,23,26,28H,2-5,12-13H2,1H3. The Labute approximate surface area is 176 Å². The number of hydrogen-bond donors (Lipinski definition) is 2. The third-order valence-electron chi connectivity index (χ3n) is 5.88. The number of fused-ring (bicyclic) bond motifs is 1. The smallest absolute Gasteiger partial charge is 0.254 e. The molecule has 0 aromatic heterocycles. The number of ether oxygens (including phenoxy) is 1. The monoisotopic (exact) mass is 403 g/mol. The van der Waals surface area contributed by atoms with Gasteiger partial charge in [-0.05, 0) is 67.3 Å². The first-order valence-corrected chi connectivity index (χ1v) is 10.3. The third kappa shape index (κ3) is 3.64. The average molecular weight is 403 g/mol. The van der Waals surface area contributed by atoms with Crippen molar-refractivity contribution in [2.45, 2.75) is 38.1 Å². The van der Waals surface area contributed by atoms with Gasteiger partial charge in [-0.15, -0.1) is 0 Å². The van der Waals surface area contributed by atoms with Crippen molar-refractivity contribution < 1.29 is 14.6 Å². The molecule has 1 fully saturated rings. The molecule has 2 aromatic rings. The van der Waals surface area contributed by atoms with E-state index in [4.69, 9.17) is 4.74 Å². The molecule has 1 atom stereocenters. The van der Waals surface area contributed by atoms with E-state index < -0.39 is 0 Å². The molecule has 1 aliphatic heterocycles. The molecular formula is C24H25N3O3. The minimum absolute atomic E-state index is 0.0222. The first-order chi connectivity index (χ1) is 14.7. The lowest BCUT2D eigenvalue weighted by molar-refractivity contribution is -0.115. The fraction of sp³-hybridized carbons (Fsp3) is 0.333. The van der Waals surface area contributed by atoms with Crippen molar-refractivity contribution in [1.82, 2.24) is 0 Å². The molecular weight excluding hydrogens is 378 g/mol. The molecule has 30 heavy (non-hydrogen) atoms. The van der Waals surface area contributed by atoms with Gasteiger partial charge >= 0.3 is 0 Å². The SMILES string of the molecule is COc1ccc(Nc2cc(N3C(=O)C(CCO)=C4CCCCC43)ccc2C#N)cc1. The van der Waals surface area contributed by atoms with Crippen LogP contribution in [-0.2, 0) is 4.79 Å². The molecule has 2 N–H and O–H groups in total. The van der Waals surface area contributed by atoms with Gasteiger partial charge in [-0.2, -0.15) is 5.26 Å². The van der Waals surface area contributed by atoms with E-state index in [0.29, 0.717) is 17.7 Å². The highest BCUT2D eigenvalue weighted by Gasteiger charge is 2.40. The number of nitrogens with zero attached hydrogens (tertiary/aromatic N) is 2. The molecule has 1 saturated carbocycles. The van der Waals surface area contributed by atoms with E-state index in [1.807, 2.05) is 41.3 Å². The van der Waals surface area contributed by atoms with Crippen molar-refractivity contribution in [2.75, 3.05) is 23.9 Å². The molecule has 2 aliphatic rings. The normalized spacial score (nSPS) is 18.2. The number of aliphatic hydroxyl groups is 1. The van der Waals surface area contributed by atoms with Gasteiger partial charge in [-0.3, -0.25) is 4.79 Å². The average Bonchev–Trinajstić information content (AvgIpc) is 3.06. The van der Waals surface area contributed by atoms with E-state index in [0.717, 1.165) is 48.4 Å². The second kappa shape index (κ2) is 8.60. The van der Waals surface area contributed by atoms with Crippen LogP contribution in [-0.4, -0.2) is 30.8 Å². The molecule has 4 rings (SSSR count). The zero-order valence-electron chi connectivity index (χ0n) is 17.0. The summed E-state index contributed by atoms with van der Waals surface area (Å²) in [5.41, 5.74) is 4.70. The molecule has 0 saturated heterocycles. The van der Waals surface area contributed by atoms with Crippen LogP contribution in [0.3, 0.4) is 0 Å². The van der Waals surface area contributed by atoms with Gasteiger partial charge in [-0.25, -0.2) is 0 Å². The highest BCUT2D eigenvalue weighted by molar-refractivity contribution is 6.10. The summed E-state index contributed by atoms with van der Waals surface area (Å²) in [6.45, 7) is -0.0250. The number of anilines is 3. The molecule has 2 aromatic carbocycles.